The van der Waals surface area contributed by atoms with Crippen LogP contribution in [0.3, 0.4) is 0 Å². The molecule has 0 amide bonds. The molecule has 1 saturated heterocycles. The average molecular weight is 681 g/mol. The highest BCUT2D eigenvalue weighted by Gasteiger charge is 2.34. The molecule has 0 saturated carbocycles. The second kappa shape index (κ2) is 16.1. The number of anilines is 2. The summed E-state index contributed by atoms with van der Waals surface area (Å²) in [6.45, 7) is 10.7. The van der Waals surface area contributed by atoms with E-state index < -0.39 is 0 Å². The third-order valence-electron chi connectivity index (χ3n) is 8.26. The van der Waals surface area contributed by atoms with Crippen LogP contribution < -0.4 is 29.3 Å². The highest BCUT2D eigenvalue weighted by molar-refractivity contribution is 7.16. The van der Waals surface area contributed by atoms with Crippen molar-refractivity contribution < 1.29 is 38.0 Å². The maximum absolute atomic E-state index is 13.2. The van der Waals surface area contributed by atoms with E-state index in [0.717, 1.165) is 78.6 Å². The molecule has 2 aliphatic rings. The second-order valence-corrected chi connectivity index (χ2v) is 13.0. The van der Waals surface area contributed by atoms with Crippen molar-refractivity contribution in [3.8, 4) is 0 Å². The number of carbonyl (C=O) groups excluding carboxylic acids is 1. The van der Waals surface area contributed by atoms with Gasteiger partial charge in [0.2, 0.25) is 6.73 Å². The maximum Gasteiger partial charge on any atom is 0.313 e. The second-order valence-electron chi connectivity index (χ2n) is 11.7. The Morgan fingerprint density at radius 1 is 1.05 bits per heavy atom. The summed E-state index contributed by atoms with van der Waals surface area (Å²) in [5.41, 5.74) is 3.22. The number of rotatable bonds is 13. The molecule has 0 bridgehead atoms. The van der Waals surface area contributed by atoms with Gasteiger partial charge in [-0.1, -0.05) is 77.3 Å². The van der Waals surface area contributed by atoms with Gasteiger partial charge in [0, 0.05) is 4.88 Å². The number of esters is 1. The Morgan fingerprint density at radius 2 is 1.70 bits per heavy atom. The summed E-state index contributed by atoms with van der Waals surface area (Å²) >= 11 is 1.78. The average Bonchev–Trinajstić information content (AvgIpc) is 3.23. The number of amidine groups is 1. The standard InChI is InChI=1S/C32H49N4O2S.HI/c1-5-7-9-11-15-26(16-12-10-8-6-2)32(37)38-24-36(4)21-19-35(20-22-36)30-27-23-25(3)39-31(27)34-29-18-14-13-17-28(29)33-30;/h13-14,17-18,23,26,34H,5-12,15-16,19-22,24H2,1-4H3;1H/q+1;/p-1. The van der Waals surface area contributed by atoms with Gasteiger partial charge in [0.25, 0.3) is 0 Å². The van der Waals surface area contributed by atoms with Crippen LogP contribution in [0.15, 0.2) is 35.3 Å². The number of halogens is 1. The topological polar surface area (TPSA) is 53.9 Å². The van der Waals surface area contributed by atoms with E-state index in [4.69, 9.17) is 9.73 Å². The Balaban J connectivity index is 0.00000441. The fraction of sp³-hybridized carbons (Fsp3) is 0.625. The minimum Gasteiger partial charge on any atom is -1.00 e. The molecule has 0 unspecified atom stereocenters. The number of thiophene rings is 1. The van der Waals surface area contributed by atoms with Crippen LogP contribution in [0.1, 0.15) is 88.5 Å². The lowest BCUT2D eigenvalue weighted by atomic mass is 9.94. The first-order valence-corrected chi connectivity index (χ1v) is 16.0. The van der Waals surface area contributed by atoms with E-state index in [-0.39, 0.29) is 35.9 Å². The van der Waals surface area contributed by atoms with Gasteiger partial charge in [-0.2, -0.15) is 0 Å². The predicted octanol–water partition coefficient (Wildman–Crippen LogP) is 5.02. The number of piperazine rings is 1. The van der Waals surface area contributed by atoms with Gasteiger partial charge in [0.1, 0.15) is 10.8 Å². The van der Waals surface area contributed by atoms with Gasteiger partial charge in [-0.05, 0) is 38.0 Å². The number of likely N-dealkylation sites (N-methyl/N-ethyl adjacent to an activating group) is 1. The van der Waals surface area contributed by atoms with E-state index in [0.29, 0.717) is 6.73 Å². The van der Waals surface area contributed by atoms with Crippen molar-refractivity contribution in [2.45, 2.75) is 85.0 Å². The summed E-state index contributed by atoms with van der Waals surface area (Å²) in [6.07, 6.45) is 11.6. The Bertz CT molecular complexity index is 1100. The van der Waals surface area contributed by atoms with Gasteiger partial charge in [-0.25, -0.2) is 4.99 Å². The van der Waals surface area contributed by atoms with Crippen molar-refractivity contribution in [1.29, 1.82) is 0 Å². The lowest BCUT2D eigenvalue weighted by Crippen LogP contribution is -3.00. The van der Waals surface area contributed by atoms with Crippen molar-refractivity contribution in [1.82, 2.24) is 4.90 Å². The molecule has 1 fully saturated rings. The van der Waals surface area contributed by atoms with Crippen LogP contribution in [0.5, 0.6) is 0 Å². The van der Waals surface area contributed by atoms with E-state index in [2.05, 4.69) is 62.3 Å². The quantitative estimate of drug-likeness (QED) is 0.140. The van der Waals surface area contributed by atoms with Crippen molar-refractivity contribution in [3.05, 3.63) is 40.8 Å². The smallest absolute Gasteiger partial charge is 0.313 e. The zero-order chi connectivity index (χ0) is 27.7. The summed E-state index contributed by atoms with van der Waals surface area (Å²) in [6, 6.07) is 10.5. The number of hydrogen-bond acceptors (Lipinski definition) is 6. The molecule has 222 valence electrons. The molecular formula is C32H49IN4O2S. The number of quaternary nitrogens is 1. The van der Waals surface area contributed by atoms with E-state index in [9.17, 15) is 4.79 Å². The van der Waals surface area contributed by atoms with Gasteiger partial charge >= 0.3 is 5.97 Å². The maximum atomic E-state index is 13.2. The number of fused-ring (bicyclic) bond motifs is 2. The molecule has 0 atom stereocenters. The summed E-state index contributed by atoms with van der Waals surface area (Å²) in [7, 11) is 2.23. The first-order chi connectivity index (χ1) is 18.9. The number of carbonyl (C=O) groups is 1. The lowest BCUT2D eigenvalue weighted by molar-refractivity contribution is -0.929. The SMILES string of the molecule is CCCCCCC(CCCCCC)C(=O)OC[N+]1(C)CCN(C2=Nc3ccccc3Nc3sc(C)cc32)CC1.[I-]. The van der Waals surface area contributed by atoms with Crippen LogP contribution in [0.2, 0.25) is 0 Å². The minimum absolute atomic E-state index is 0. The third-order valence-corrected chi connectivity index (χ3v) is 9.22. The highest BCUT2D eigenvalue weighted by atomic mass is 127. The largest absolute Gasteiger partial charge is 1.00 e. The summed E-state index contributed by atoms with van der Waals surface area (Å²) in [4.78, 5) is 22.0. The van der Waals surface area contributed by atoms with Crippen LogP contribution in [-0.2, 0) is 9.53 Å². The van der Waals surface area contributed by atoms with Gasteiger partial charge in [0.15, 0.2) is 0 Å². The van der Waals surface area contributed by atoms with E-state index in [1.807, 2.05) is 6.07 Å². The zero-order valence-corrected chi connectivity index (χ0v) is 28.0. The van der Waals surface area contributed by atoms with Crippen LogP contribution in [0.25, 0.3) is 0 Å². The Labute approximate surface area is 263 Å². The van der Waals surface area contributed by atoms with E-state index in [1.165, 1.54) is 49.0 Å². The lowest BCUT2D eigenvalue weighted by Gasteiger charge is -2.42. The molecule has 0 radical (unpaired) electrons. The Kier molecular flexibility index (Phi) is 13.2. The van der Waals surface area contributed by atoms with E-state index in [1.54, 1.807) is 11.3 Å². The molecule has 4 rings (SSSR count). The molecule has 3 heterocycles. The Morgan fingerprint density at radius 3 is 2.35 bits per heavy atom. The van der Waals surface area contributed by atoms with Gasteiger partial charge in [-0.3, -0.25) is 9.28 Å². The fourth-order valence-corrected chi connectivity index (χ4v) is 6.55. The minimum atomic E-state index is 0. The predicted molar refractivity (Wildman–Crippen MR) is 164 cm³/mol. The third kappa shape index (κ3) is 8.92. The molecule has 6 nitrogen and oxygen atoms in total. The van der Waals surface area contributed by atoms with E-state index >= 15 is 0 Å². The highest BCUT2D eigenvalue weighted by Crippen LogP contribution is 2.39. The summed E-state index contributed by atoms with van der Waals surface area (Å²) in [5.74, 6) is 1.13. The van der Waals surface area contributed by atoms with Crippen molar-refractivity contribution >= 4 is 39.5 Å². The summed E-state index contributed by atoms with van der Waals surface area (Å²) < 4.78 is 6.81. The molecule has 2 aliphatic heterocycles. The number of aliphatic imine (C=N–C) groups is 1. The molecule has 1 aromatic heterocycles. The van der Waals surface area contributed by atoms with Crippen LogP contribution >= 0.6 is 11.3 Å². The number of benzene rings is 1. The number of hydrogen-bond donors (Lipinski definition) is 1. The number of aryl methyl sites for hydroxylation is 1. The molecule has 2 aromatic rings. The zero-order valence-electron chi connectivity index (χ0n) is 25.0. The summed E-state index contributed by atoms with van der Waals surface area (Å²) in [5, 5.41) is 4.77. The number of ether oxygens (including phenoxy) is 1. The van der Waals surface area contributed by atoms with Gasteiger partial charge in [-0.15, -0.1) is 11.3 Å². The monoisotopic (exact) mass is 680 g/mol. The van der Waals surface area contributed by atoms with Crippen LogP contribution in [0, 0.1) is 12.8 Å². The molecule has 8 heteroatoms. The number of unbranched alkanes of at least 4 members (excludes halogenated alkanes) is 6. The Hall–Kier alpha value is -1.65. The van der Waals surface area contributed by atoms with Gasteiger partial charge < -0.3 is 38.9 Å². The molecule has 0 spiro atoms. The normalized spacial score (nSPS) is 15.8. The molecule has 0 aliphatic carbocycles. The van der Waals surface area contributed by atoms with Crippen LogP contribution in [-0.4, -0.2) is 61.1 Å². The van der Waals surface area contributed by atoms with Crippen LogP contribution in [0.4, 0.5) is 16.4 Å². The fourth-order valence-electron chi connectivity index (χ4n) is 5.63. The first-order valence-electron chi connectivity index (χ1n) is 15.2. The molecule has 1 aromatic carbocycles. The van der Waals surface area contributed by atoms with Gasteiger partial charge in [0.05, 0.1) is 56.1 Å². The van der Waals surface area contributed by atoms with Crippen molar-refractivity contribution in [3.63, 3.8) is 0 Å². The molecule has 40 heavy (non-hydrogen) atoms. The van der Waals surface area contributed by atoms with Crippen molar-refractivity contribution in [2.24, 2.45) is 10.9 Å². The molecular weight excluding hydrogens is 631 g/mol. The molecule has 1 N–H and O–H groups in total. The number of nitrogens with one attached hydrogen (secondary N) is 1. The number of para-hydroxylation sites is 2. The van der Waals surface area contributed by atoms with Crippen molar-refractivity contribution in [2.75, 3.05) is 45.3 Å². The first kappa shape index (κ1) is 32.9. The number of nitrogens with zero attached hydrogens (tertiary/aromatic N) is 3.